The van der Waals surface area contributed by atoms with Crippen LogP contribution in [0.3, 0.4) is 0 Å². The maximum absolute atomic E-state index is 11.9. The average molecular weight is 252 g/mol. The van der Waals surface area contributed by atoms with Gasteiger partial charge >= 0.3 is 0 Å². The summed E-state index contributed by atoms with van der Waals surface area (Å²) in [6.45, 7) is 0. The summed E-state index contributed by atoms with van der Waals surface area (Å²) in [5, 5.41) is 20.6. The van der Waals surface area contributed by atoms with Crippen molar-refractivity contribution in [1.29, 1.82) is 5.26 Å². The lowest BCUT2D eigenvalue weighted by atomic mass is 10.1. The molecule has 4 heteroatoms. The Morgan fingerprint density at radius 2 is 1.95 bits per heavy atom. The van der Waals surface area contributed by atoms with Crippen LogP contribution in [0.4, 0.5) is 5.69 Å². The van der Waals surface area contributed by atoms with Crippen molar-refractivity contribution in [2.45, 2.75) is 6.42 Å². The van der Waals surface area contributed by atoms with Gasteiger partial charge in [-0.3, -0.25) is 4.79 Å². The Morgan fingerprint density at radius 3 is 2.58 bits per heavy atom. The molecule has 0 aromatic heterocycles. The highest BCUT2D eigenvalue weighted by Gasteiger charge is 2.06. The van der Waals surface area contributed by atoms with Gasteiger partial charge in [-0.05, 0) is 35.9 Å². The normalized spacial score (nSPS) is 9.63. The summed E-state index contributed by atoms with van der Waals surface area (Å²) in [5.41, 5.74) is 1.94. The van der Waals surface area contributed by atoms with Crippen molar-refractivity contribution in [3.05, 3.63) is 59.7 Å². The first-order valence-corrected chi connectivity index (χ1v) is 5.75. The highest BCUT2D eigenvalue weighted by atomic mass is 16.3. The summed E-state index contributed by atoms with van der Waals surface area (Å²) >= 11 is 0. The van der Waals surface area contributed by atoms with Crippen LogP contribution in [0.2, 0.25) is 0 Å². The van der Waals surface area contributed by atoms with Gasteiger partial charge < -0.3 is 10.4 Å². The fraction of sp³-hybridized carbons (Fsp3) is 0.0667. The number of hydrogen-bond acceptors (Lipinski definition) is 3. The number of hydrogen-bond donors (Lipinski definition) is 2. The maximum atomic E-state index is 11.9. The van der Waals surface area contributed by atoms with Gasteiger partial charge in [-0.25, -0.2) is 0 Å². The number of rotatable bonds is 3. The summed E-state index contributed by atoms with van der Waals surface area (Å²) in [4.78, 5) is 11.9. The Bertz CT molecular complexity index is 627. The quantitative estimate of drug-likeness (QED) is 0.882. The number of carbonyl (C=O) groups excluding carboxylic acids is 1. The van der Waals surface area contributed by atoms with E-state index in [0.717, 1.165) is 5.56 Å². The van der Waals surface area contributed by atoms with E-state index in [1.54, 1.807) is 36.4 Å². The Kier molecular flexibility index (Phi) is 3.79. The molecule has 2 aromatic rings. The first-order valence-electron chi connectivity index (χ1n) is 5.75. The van der Waals surface area contributed by atoms with Crippen molar-refractivity contribution in [3.63, 3.8) is 0 Å². The van der Waals surface area contributed by atoms with Crippen LogP contribution in [0.25, 0.3) is 0 Å². The van der Waals surface area contributed by atoms with Gasteiger partial charge in [0.2, 0.25) is 0 Å². The van der Waals surface area contributed by atoms with Gasteiger partial charge in [0.1, 0.15) is 5.75 Å². The topological polar surface area (TPSA) is 73.1 Å². The van der Waals surface area contributed by atoms with Gasteiger partial charge in [-0.15, -0.1) is 0 Å². The van der Waals surface area contributed by atoms with E-state index in [9.17, 15) is 9.90 Å². The van der Waals surface area contributed by atoms with Crippen molar-refractivity contribution < 1.29 is 9.90 Å². The molecule has 0 radical (unpaired) electrons. The lowest BCUT2D eigenvalue weighted by Crippen LogP contribution is -2.11. The smallest absolute Gasteiger partial charge is 0.255 e. The van der Waals surface area contributed by atoms with E-state index in [2.05, 4.69) is 11.4 Å². The van der Waals surface area contributed by atoms with Crippen LogP contribution in [0.1, 0.15) is 15.9 Å². The molecular formula is C15H12N2O2. The molecule has 2 N–H and O–H groups in total. The number of anilines is 1. The molecule has 0 atom stereocenters. The van der Waals surface area contributed by atoms with E-state index in [-0.39, 0.29) is 11.7 Å². The highest BCUT2D eigenvalue weighted by molar-refractivity contribution is 6.04. The van der Waals surface area contributed by atoms with Crippen molar-refractivity contribution in [3.8, 4) is 11.8 Å². The van der Waals surface area contributed by atoms with Crippen LogP contribution in [0.5, 0.6) is 5.75 Å². The standard InChI is InChI=1S/C15H12N2O2/c16-9-8-11-4-6-13(7-5-11)17-15(19)12-2-1-3-14(18)10-12/h1-7,10,18H,8H2,(H,17,19). The number of nitrogens with one attached hydrogen (secondary N) is 1. The first-order chi connectivity index (χ1) is 9.19. The van der Waals surface area contributed by atoms with Gasteiger partial charge in [0.15, 0.2) is 0 Å². The zero-order chi connectivity index (χ0) is 13.7. The third-order valence-corrected chi connectivity index (χ3v) is 2.60. The van der Waals surface area contributed by atoms with Crippen LogP contribution >= 0.6 is 0 Å². The summed E-state index contributed by atoms with van der Waals surface area (Å²) in [7, 11) is 0. The predicted octanol–water partition coefficient (Wildman–Crippen LogP) is 2.71. The minimum atomic E-state index is -0.288. The monoisotopic (exact) mass is 252 g/mol. The number of amides is 1. The molecule has 0 unspecified atom stereocenters. The molecule has 2 rings (SSSR count). The third kappa shape index (κ3) is 3.33. The van der Waals surface area contributed by atoms with Crippen LogP contribution in [0.15, 0.2) is 48.5 Å². The zero-order valence-electron chi connectivity index (χ0n) is 10.1. The summed E-state index contributed by atoms with van der Waals surface area (Å²) in [6, 6.07) is 15.3. The molecule has 19 heavy (non-hydrogen) atoms. The van der Waals surface area contributed by atoms with Gasteiger partial charge in [-0.2, -0.15) is 5.26 Å². The molecular weight excluding hydrogens is 240 g/mol. The molecule has 94 valence electrons. The fourth-order valence-corrected chi connectivity index (χ4v) is 1.65. The number of phenols is 1. The van der Waals surface area contributed by atoms with Gasteiger partial charge in [0, 0.05) is 11.3 Å². The van der Waals surface area contributed by atoms with Crippen molar-refractivity contribution in [2.75, 3.05) is 5.32 Å². The Labute approximate surface area is 110 Å². The van der Waals surface area contributed by atoms with Gasteiger partial charge in [0.25, 0.3) is 5.91 Å². The number of carbonyl (C=O) groups is 1. The van der Waals surface area contributed by atoms with Crippen molar-refractivity contribution in [2.24, 2.45) is 0 Å². The molecule has 4 nitrogen and oxygen atoms in total. The SMILES string of the molecule is N#CCc1ccc(NC(=O)c2cccc(O)c2)cc1. The minimum absolute atomic E-state index is 0.0528. The van der Waals surface area contributed by atoms with E-state index >= 15 is 0 Å². The number of nitrogens with zero attached hydrogens (tertiary/aromatic N) is 1. The molecule has 0 saturated heterocycles. The van der Waals surface area contributed by atoms with Crippen LogP contribution in [0, 0.1) is 11.3 Å². The minimum Gasteiger partial charge on any atom is -0.508 e. The molecule has 0 aliphatic heterocycles. The van der Waals surface area contributed by atoms with Gasteiger partial charge in [0.05, 0.1) is 12.5 Å². The maximum Gasteiger partial charge on any atom is 0.255 e. The average Bonchev–Trinajstić information content (AvgIpc) is 2.41. The Hall–Kier alpha value is -2.80. The Morgan fingerprint density at radius 1 is 1.21 bits per heavy atom. The van der Waals surface area contributed by atoms with Gasteiger partial charge in [-0.1, -0.05) is 18.2 Å². The molecule has 0 spiro atoms. The van der Waals surface area contributed by atoms with E-state index < -0.39 is 0 Å². The fourth-order valence-electron chi connectivity index (χ4n) is 1.65. The second-order valence-corrected chi connectivity index (χ2v) is 4.04. The Balaban J connectivity index is 2.09. The molecule has 2 aromatic carbocycles. The van der Waals surface area contributed by atoms with E-state index in [1.165, 1.54) is 12.1 Å². The summed E-state index contributed by atoms with van der Waals surface area (Å²) in [5.74, 6) is -0.235. The van der Waals surface area contributed by atoms with Crippen molar-refractivity contribution >= 4 is 11.6 Å². The van der Waals surface area contributed by atoms with Crippen molar-refractivity contribution in [1.82, 2.24) is 0 Å². The van der Waals surface area contributed by atoms with Crippen LogP contribution in [-0.4, -0.2) is 11.0 Å². The van der Waals surface area contributed by atoms with Crippen LogP contribution < -0.4 is 5.32 Å². The highest BCUT2D eigenvalue weighted by Crippen LogP contribution is 2.14. The summed E-state index contributed by atoms with van der Waals surface area (Å²) < 4.78 is 0. The molecule has 0 saturated carbocycles. The third-order valence-electron chi connectivity index (χ3n) is 2.60. The molecule has 0 aliphatic rings. The lowest BCUT2D eigenvalue weighted by molar-refractivity contribution is 0.102. The number of aromatic hydroxyl groups is 1. The number of phenolic OH excluding ortho intramolecular Hbond substituents is 1. The molecule has 0 bridgehead atoms. The second kappa shape index (κ2) is 5.69. The largest absolute Gasteiger partial charge is 0.508 e. The molecule has 1 amide bonds. The van der Waals surface area contributed by atoms with Crippen LogP contribution in [-0.2, 0) is 6.42 Å². The van der Waals surface area contributed by atoms with E-state index in [0.29, 0.717) is 17.7 Å². The lowest BCUT2D eigenvalue weighted by Gasteiger charge is -2.06. The molecule has 0 fully saturated rings. The first kappa shape index (κ1) is 12.7. The zero-order valence-corrected chi connectivity index (χ0v) is 10.1. The summed E-state index contributed by atoms with van der Waals surface area (Å²) in [6.07, 6.45) is 0.348. The number of benzene rings is 2. The van der Waals surface area contributed by atoms with E-state index in [4.69, 9.17) is 5.26 Å². The predicted molar refractivity (Wildman–Crippen MR) is 71.8 cm³/mol. The molecule has 0 aliphatic carbocycles. The number of nitriles is 1. The van der Waals surface area contributed by atoms with E-state index in [1.807, 2.05) is 0 Å². The second-order valence-electron chi connectivity index (χ2n) is 4.04. The molecule has 0 heterocycles.